The molecule has 3 heteroatoms. The summed E-state index contributed by atoms with van der Waals surface area (Å²) in [7, 11) is 0. The van der Waals surface area contributed by atoms with Crippen LogP contribution in [0.5, 0.6) is 0 Å². The van der Waals surface area contributed by atoms with E-state index in [0.29, 0.717) is 0 Å². The van der Waals surface area contributed by atoms with Crippen LogP contribution in [0, 0.1) is 0 Å². The predicted molar refractivity (Wildman–Crippen MR) is 69.3 cm³/mol. The molecule has 0 bridgehead atoms. The van der Waals surface area contributed by atoms with E-state index in [2.05, 4.69) is 44.1 Å². The van der Waals surface area contributed by atoms with Gasteiger partial charge in [-0.3, -0.25) is 0 Å². The van der Waals surface area contributed by atoms with Crippen molar-refractivity contribution in [3.8, 4) is 0 Å². The largest absolute Gasteiger partial charge is 1.00 e. The van der Waals surface area contributed by atoms with Gasteiger partial charge in [-0.2, -0.15) is 0 Å². The third-order valence-corrected chi connectivity index (χ3v) is 13.4. The van der Waals surface area contributed by atoms with Crippen molar-refractivity contribution in [3.05, 3.63) is 41.1 Å². The molecule has 0 fully saturated rings. The zero-order valence-electron chi connectivity index (χ0n) is 11.5. The molecular formula is C15H20Cl2Hf. The first kappa shape index (κ1) is 18.3. The molecule has 0 aliphatic heterocycles. The van der Waals surface area contributed by atoms with E-state index in [9.17, 15) is 0 Å². The number of hydrogen-bond acceptors (Lipinski definition) is 0. The summed E-state index contributed by atoms with van der Waals surface area (Å²) in [5.41, 5.74) is 6.09. The minimum absolute atomic E-state index is 0. The summed E-state index contributed by atoms with van der Waals surface area (Å²) in [6, 6.07) is 0. The molecule has 0 nitrogen and oxygen atoms in total. The smallest absolute Gasteiger partial charge is 1.00 e. The van der Waals surface area contributed by atoms with Crippen molar-refractivity contribution in [3.63, 3.8) is 0 Å². The molecule has 2 aliphatic rings. The van der Waals surface area contributed by atoms with Gasteiger partial charge in [0.2, 0.25) is 0 Å². The predicted octanol–water partition coefficient (Wildman–Crippen LogP) is -1.71. The van der Waals surface area contributed by atoms with Crippen molar-refractivity contribution in [2.45, 2.75) is 40.5 Å². The van der Waals surface area contributed by atoms with Crippen LogP contribution in [0.1, 0.15) is 40.5 Å². The molecule has 0 aromatic heterocycles. The van der Waals surface area contributed by atoms with Gasteiger partial charge in [-0.25, -0.2) is 0 Å². The van der Waals surface area contributed by atoms with E-state index in [1.165, 1.54) is 24.0 Å². The molecule has 0 spiro atoms. The summed E-state index contributed by atoms with van der Waals surface area (Å²) < 4.78 is 8.07. The molecular weight excluding hydrogens is 430 g/mol. The van der Waals surface area contributed by atoms with Gasteiger partial charge in [0.25, 0.3) is 0 Å². The standard InChI is InChI=1S/2C7H9.CH2.2ClH.Hf/c2*1-6-4-3-5-7(6)2;;;;/h2*4H,3H2,1-2H3;1H2;2*1H;/q;;;;;+2/p-2. The van der Waals surface area contributed by atoms with E-state index < -0.39 is 21.0 Å². The maximum absolute atomic E-state index is 4.60. The Bertz CT molecular complexity index is 447. The Balaban J connectivity index is 0.00000144. The van der Waals surface area contributed by atoms with Crippen molar-refractivity contribution in [2.24, 2.45) is 0 Å². The second-order valence-electron chi connectivity index (χ2n) is 4.87. The fraction of sp³-hybridized carbons (Fsp3) is 0.400. The van der Waals surface area contributed by atoms with Crippen LogP contribution in [-0.4, -0.2) is 4.26 Å². The summed E-state index contributed by atoms with van der Waals surface area (Å²) >= 11 is -1.88. The van der Waals surface area contributed by atoms with Crippen molar-refractivity contribution in [2.75, 3.05) is 0 Å². The normalized spacial score (nSPS) is 17.7. The van der Waals surface area contributed by atoms with Crippen LogP contribution in [0.25, 0.3) is 0 Å². The summed E-state index contributed by atoms with van der Waals surface area (Å²) in [6.45, 7) is 9.05. The van der Waals surface area contributed by atoms with Crippen molar-refractivity contribution in [1.82, 2.24) is 0 Å². The van der Waals surface area contributed by atoms with Crippen molar-refractivity contribution in [1.29, 1.82) is 0 Å². The van der Waals surface area contributed by atoms with Crippen molar-refractivity contribution >= 4 is 4.26 Å². The molecule has 0 N–H and O–H groups in total. The molecule has 0 unspecified atom stereocenters. The molecule has 0 saturated carbocycles. The molecule has 0 atom stereocenters. The molecule has 0 aromatic rings. The van der Waals surface area contributed by atoms with Gasteiger partial charge in [0.1, 0.15) is 0 Å². The molecule has 18 heavy (non-hydrogen) atoms. The zero-order valence-corrected chi connectivity index (χ0v) is 16.6. The van der Waals surface area contributed by atoms with E-state index in [4.69, 9.17) is 0 Å². The second kappa shape index (κ2) is 7.17. The second-order valence-corrected chi connectivity index (χ2v) is 12.6. The summed E-state index contributed by atoms with van der Waals surface area (Å²) in [5.74, 6) is 0. The molecule has 0 saturated heterocycles. The molecule has 98 valence electrons. The first-order chi connectivity index (χ1) is 7.52. The Morgan fingerprint density at radius 3 is 1.39 bits per heavy atom. The molecule has 0 aromatic carbocycles. The molecule has 2 aliphatic carbocycles. The minimum Gasteiger partial charge on any atom is -1.00 e. The van der Waals surface area contributed by atoms with E-state index in [0.717, 1.165) is 0 Å². The third-order valence-electron chi connectivity index (χ3n) is 4.04. The summed E-state index contributed by atoms with van der Waals surface area (Å²) in [6.07, 6.45) is 7.15. The Hall–Kier alpha value is 0.280. The SMILES string of the molecule is [CH2]=[Hf+2]([C]1=C(C)C(C)=CC1)[C]1=C(C)C(C)=CC1.[Cl-].[Cl-]. The molecule has 0 amide bonds. The fourth-order valence-electron chi connectivity index (χ4n) is 2.48. The Morgan fingerprint density at radius 1 is 0.833 bits per heavy atom. The van der Waals surface area contributed by atoms with Crippen LogP contribution in [-0.2, 0) is 21.0 Å². The van der Waals surface area contributed by atoms with Crippen LogP contribution < -0.4 is 24.8 Å². The quantitative estimate of drug-likeness (QED) is 0.441. The molecule has 2 rings (SSSR count). The van der Waals surface area contributed by atoms with E-state index in [1.807, 2.05) is 0 Å². The topological polar surface area (TPSA) is 0 Å². The van der Waals surface area contributed by atoms with Crippen LogP contribution in [0.3, 0.4) is 0 Å². The monoisotopic (exact) mass is 450 g/mol. The Labute approximate surface area is 131 Å². The number of rotatable bonds is 2. The van der Waals surface area contributed by atoms with Gasteiger partial charge >= 0.3 is 107 Å². The number of halogens is 2. The van der Waals surface area contributed by atoms with Gasteiger partial charge in [0, 0.05) is 0 Å². The van der Waals surface area contributed by atoms with Gasteiger partial charge in [0.05, 0.1) is 0 Å². The van der Waals surface area contributed by atoms with Gasteiger partial charge in [-0.1, -0.05) is 0 Å². The van der Waals surface area contributed by atoms with Crippen LogP contribution in [0.2, 0.25) is 0 Å². The molecule has 0 radical (unpaired) electrons. The first-order valence-corrected chi connectivity index (χ1v) is 12.1. The van der Waals surface area contributed by atoms with Crippen molar-refractivity contribution < 1.29 is 45.8 Å². The average molecular weight is 450 g/mol. The Kier molecular flexibility index (Phi) is 7.28. The fourth-order valence-corrected chi connectivity index (χ4v) is 11.0. The zero-order chi connectivity index (χ0) is 11.9. The number of allylic oxidation sites excluding steroid dienone is 8. The maximum atomic E-state index is 4.60. The average Bonchev–Trinajstić information content (AvgIpc) is 2.74. The Morgan fingerprint density at radius 2 is 1.17 bits per heavy atom. The maximum Gasteiger partial charge on any atom is -1.00 e. The third kappa shape index (κ3) is 3.23. The first-order valence-electron chi connectivity index (χ1n) is 5.95. The van der Waals surface area contributed by atoms with E-state index >= 15 is 0 Å². The van der Waals surface area contributed by atoms with Crippen LogP contribution >= 0.6 is 0 Å². The van der Waals surface area contributed by atoms with Gasteiger partial charge in [-0.15, -0.1) is 0 Å². The van der Waals surface area contributed by atoms with Gasteiger partial charge in [0.15, 0.2) is 0 Å². The molecule has 0 heterocycles. The van der Waals surface area contributed by atoms with Crippen LogP contribution in [0.15, 0.2) is 41.1 Å². The van der Waals surface area contributed by atoms with Gasteiger partial charge in [-0.05, 0) is 0 Å². The summed E-state index contributed by atoms with van der Waals surface area (Å²) in [4.78, 5) is 0. The van der Waals surface area contributed by atoms with E-state index in [1.54, 1.807) is 17.8 Å². The van der Waals surface area contributed by atoms with Crippen LogP contribution in [0.4, 0.5) is 0 Å². The minimum atomic E-state index is -1.88. The number of hydrogen-bond donors (Lipinski definition) is 0. The summed E-state index contributed by atoms with van der Waals surface area (Å²) in [5, 5.41) is 0. The van der Waals surface area contributed by atoms with E-state index in [-0.39, 0.29) is 24.8 Å². The van der Waals surface area contributed by atoms with Gasteiger partial charge < -0.3 is 24.8 Å².